The van der Waals surface area contributed by atoms with Crippen molar-refractivity contribution < 1.29 is 9.47 Å². The molecule has 0 radical (unpaired) electrons. The molecule has 8 nitrogen and oxygen atoms in total. The van der Waals surface area contributed by atoms with E-state index in [2.05, 4.69) is 36.2 Å². The average Bonchev–Trinajstić information content (AvgIpc) is 3.33. The Morgan fingerprint density at radius 3 is 2.62 bits per heavy atom. The Balaban J connectivity index is 1.33. The predicted octanol–water partition coefficient (Wildman–Crippen LogP) is 4.25. The lowest BCUT2D eigenvalue weighted by molar-refractivity contribution is 0.122. The minimum Gasteiger partial charge on any atom is -0.481 e. The standard InChI is InChI=1S/C23H22N6O2S/c1-30-22-3-2-16(14-26-22)17-10-18(13-24-12-17)20-15-27-23(32-20)28-21-11-19(4-5-25-21)29-6-8-31-9-7-29/h2-5,10-15H,6-9H2,1H3,(H,25,27,28). The fourth-order valence-electron chi connectivity index (χ4n) is 3.49. The van der Waals surface area contributed by atoms with Gasteiger partial charge in [0.1, 0.15) is 5.82 Å². The summed E-state index contributed by atoms with van der Waals surface area (Å²) in [4.78, 5) is 21.0. The molecule has 0 atom stereocenters. The Kier molecular flexibility index (Phi) is 5.91. The van der Waals surface area contributed by atoms with Crippen LogP contribution in [0, 0.1) is 0 Å². The largest absolute Gasteiger partial charge is 0.481 e. The first-order valence-corrected chi connectivity index (χ1v) is 11.1. The van der Waals surface area contributed by atoms with Gasteiger partial charge in [-0.05, 0) is 18.2 Å². The Bertz CT molecular complexity index is 1190. The van der Waals surface area contributed by atoms with Gasteiger partial charge in [0.15, 0.2) is 5.13 Å². The number of hydrogen-bond donors (Lipinski definition) is 1. The quantitative estimate of drug-likeness (QED) is 0.471. The van der Waals surface area contributed by atoms with Crippen LogP contribution >= 0.6 is 11.3 Å². The lowest BCUT2D eigenvalue weighted by Gasteiger charge is -2.28. The summed E-state index contributed by atoms with van der Waals surface area (Å²) in [6.07, 6.45) is 9.12. The van der Waals surface area contributed by atoms with Crippen LogP contribution in [0.5, 0.6) is 5.88 Å². The van der Waals surface area contributed by atoms with Crippen LogP contribution < -0.4 is 15.0 Å². The van der Waals surface area contributed by atoms with Crippen LogP contribution in [-0.2, 0) is 4.74 Å². The monoisotopic (exact) mass is 446 g/mol. The summed E-state index contributed by atoms with van der Waals surface area (Å²) in [6, 6.07) is 9.97. The van der Waals surface area contributed by atoms with Crippen molar-refractivity contribution in [1.82, 2.24) is 19.9 Å². The van der Waals surface area contributed by atoms with Crippen LogP contribution in [0.2, 0.25) is 0 Å². The molecule has 9 heteroatoms. The van der Waals surface area contributed by atoms with Crippen molar-refractivity contribution in [2.24, 2.45) is 0 Å². The Labute approximate surface area is 189 Å². The summed E-state index contributed by atoms with van der Waals surface area (Å²) in [5, 5.41) is 4.11. The third-order valence-corrected chi connectivity index (χ3v) is 6.12. The second-order valence-corrected chi connectivity index (χ2v) is 8.24. The first-order valence-electron chi connectivity index (χ1n) is 10.3. The zero-order valence-electron chi connectivity index (χ0n) is 17.6. The van der Waals surface area contributed by atoms with Crippen molar-refractivity contribution in [3.8, 4) is 27.4 Å². The van der Waals surface area contributed by atoms with Crippen LogP contribution in [0.4, 0.5) is 16.6 Å². The molecule has 0 bridgehead atoms. The highest BCUT2D eigenvalue weighted by molar-refractivity contribution is 7.18. The number of thiazole rings is 1. The maximum Gasteiger partial charge on any atom is 0.212 e. The highest BCUT2D eigenvalue weighted by Crippen LogP contribution is 2.32. The van der Waals surface area contributed by atoms with E-state index in [4.69, 9.17) is 9.47 Å². The van der Waals surface area contributed by atoms with Gasteiger partial charge in [-0.3, -0.25) is 4.98 Å². The second kappa shape index (κ2) is 9.29. The summed E-state index contributed by atoms with van der Waals surface area (Å²) >= 11 is 1.56. The topological polar surface area (TPSA) is 85.3 Å². The number of rotatable bonds is 6. The van der Waals surface area contributed by atoms with Crippen molar-refractivity contribution in [1.29, 1.82) is 0 Å². The Morgan fingerprint density at radius 1 is 0.938 bits per heavy atom. The van der Waals surface area contributed by atoms with E-state index >= 15 is 0 Å². The minimum absolute atomic E-state index is 0.585. The number of methoxy groups -OCH3 is 1. The van der Waals surface area contributed by atoms with Crippen LogP contribution in [0.1, 0.15) is 0 Å². The zero-order chi connectivity index (χ0) is 21.8. The average molecular weight is 447 g/mol. The van der Waals surface area contributed by atoms with Crippen LogP contribution in [0.15, 0.2) is 61.3 Å². The molecule has 0 spiro atoms. The van der Waals surface area contributed by atoms with E-state index in [0.29, 0.717) is 5.88 Å². The summed E-state index contributed by atoms with van der Waals surface area (Å²) in [5.74, 6) is 1.36. The summed E-state index contributed by atoms with van der Waals surface area (Å²) in [7, 11) is 1.61. The zero-order valence-corrected chi connectivity index (χ0v) is 18.4. The molecule has 0 aromatic carbocycles. The molecule has 1 aliphatic rings. The normalized spacial score (nSPS) is 13.7. The predicted molar refractivity (Wildman–Crippen MR) is 126 cm³/mol. The van der Waals surface area contributed by atoms with Crippen molar-refractivity contribution in [3.05, 3.63) is 61.3 Å². The second-order valence-electron chi connectivity index (χ2n) is 7.20. The van der Waals surface area contributed by atoms with Crippen LogP contribution in [-0.4, -0.2) is 53.3 Å². The molecule has 4 aromatic heterocycles. The van der Waals surface area contributed by atoms with E-state index in [1.54, 1.807) is 24.6 Å². The summed E-state index contributed by atoms with van der Waals surface area (Å²) < 4.78 is 10.6. The van der Waals surface area contributed by atoms with Crippen molar-refractivity contribution >= 4 is 28.0 Å². The first-order chi connectivity index (χ1) is 15.8. The molecule has 0 saturated carbocycles. The van der Waals surface area contributed by atoms with Gasteiger partial charge in [-0.25, -0.2) is 15.0 Å². The van der Waals surface area contributed by atoms with Gasteiger partial charge < -0.3 is 19.7 Å². The number of hydrogen-bond acceptors (Lipinski definition) is 9. The molecule has 4 aromatic rings. The minimum atomic E-state index is 0.585. The van der Waals surface area contributed by atoms with Crippen molar-refractivity contribution in [2.75, 3.05) is 43.6 Å². The maximum atomic E-state index is 5.44. The number of nitrogens with one attached hydrogen (secondary N) is 1. The number of pyridine rings is 3. The van der Waals surface area contributed by atoms with Gasteiger partial charge in [-0.15, -0.1) is 0 Å². The third kappa shape index (κ3) is 4.53. The smallest absolute Gasteiger partial charge is 0.212 e. The molecule has 5 heterocycles. The van der Waals surface area contributed by atoms with Crippen molar-refractivity contribution in [2.45, 2.75) is 0 Å². The molecule has 0 aliphatic carbocycles. The van der Waals surface area contributed by atoms with E-state index in [-0.39, 0.29) is 0 Å². The highest BCUT2D eigenvalue weighted by atomic mass is 32.1. The SMILES string of the molecule is COc1ccc(-c2cncc(-c3cnc(Nc4cc(N5CCOCC5)ccn4)s3)c2)cn1. The fraction of sp³-hybridized carbons (Fsp3) is 0.217. The molecule has 1 fully saturated rings. The van der Waals surface area contributed by atoms with Gasteiger partial charge in [0.2, 0.25) is 5.88 Å². The molecule has 1 saturated heterocycles. The third-order valence-electron chi connectivity index (χ3n) is 5.16. The first kappa shape index (κ1) is 20.3. The molecular formula is C23H22N6O2S. The van der Waals surface area contributed by atoms with E-state index in [1.807, 2.05) is 49.1 Å². The Hall–Kier alpha value is -3.56. The fourth-order valence-corrected chi connectivity index (χ4v) is 4.29. The molecule has 0 amide bonds. The lowest BCUT2D eigenvalue weighted by atomic mass is 10.1. The lowest BCUT2D eigenvalue weighted by Crippen LogP contribution is -2.36. The van der Waals surface area contributed by atoms with Gasteiger partial charge in [-0.2, -0.15) is 0 Å². The summed E-state index contributed by atoms with van der Waals surface area (Å²) in [5.41, 5.74) is 4.10. The number of morpholine rings is 1. The van der Waals surface area contributed by atoms with E-state index in [9.17, 15) is 0 Å². The van der Waals surface area contributed by atoms with Gasteiger partial charge in [-0.1, -0.05) is 11.3 Å². The highest BCUT2D eigenvalue weighted by Gasteiger charge is 2.13. The molecule has 1 N–H and O–H groups in total. The summed E-state index contributed by atoms with van der Waals surface area (Å²) in [6.45, 7) is 3.27. The molecule has 32 heavy (non-hydrogen) atoms. The van der Waals surface area contributed by atoms with E-state index in [1.165, 1.54) is 0 Å². The maximum absolute atomic E-state index is 5.44. The van der Waals surface area contributed by atoms with Gasteiger partial charge in [0.05, 0.1) is 25.2 Å². The number of nitrogens with zero attached hydrogens (tertiary/aromatic N) is 5. The number of aromatic nitrogens is 4. The number of anilines is 3. The van der Waals surface area contributed by atoms with Crippen molar-refractivity contribution in [3.63, 3.8) is 0 Å². The molecule has 0 unspecified atom stereocenters. The van der Waals surface area contributed by atoms with Crippen LogP contribution in [0.3, 0.4) is 0 Å². The molecule has 1 aliphatic heterocycles. The molecular weight excluding hydrogens is 424 g/mol. The van der Waals surface area contributed by atoms with E-state index < -0.39 is 0 Å². The van der Waals surface area contributed by atoms with Gasteiger partial charge in [0, 0.05) is 78.6 Å². The molecule has 5 rings (SSSR count). The van der Waals surface area contributed by atoms with E-state index in [0.717, 1.165) is 64.5 Å². The van der Waals surface area contributed by atoms with Crippen LogP contribution in [0.25, 0.3) is 21.6 Å². The van der Waals surface area contributed by atoms with Gasteiger partial charge >= 0.3 is 0 Å². The molecule has 162 valence electrons. The Morgan fingerprint density at radius 2 is 1.81 bits per heavy atom. The van der Waals surface area contributed by atoms with Gasteiger partial charge in [0.25, 0.3) is 0 Å². The number of ether oxygens (including phenoxy) is 2.